The Hall–Kier alpha value is -4.92. The number of nitrogen functional groups attached to an aromatic ring is 1. The molecular weight excluding hydrogens is 507 g/mol. The van der Waals surface area contributed by atoms with Crippen molar-refractivity contribution in [2.45, 2.75) is 32.2 Å². The number of carbonyl (C=O) groups is 2. The van der Waals surface area contributed by atoms with Gasteiger partial charge in [0.1, 0.15) is 17.0 Å². The summed E-state index contributed by atoms with van der Waals surface area (Å²) in [4.78, 5) is 38.1. The summed E-state index contributed by atoms with van der Waals surface area (Å²) in [5.74, 6) is -1.45. The largest absolute Gasteiger partial charge is 0.368 e. The Balaban J connectivity index is 1.19. The van der Waals surface area contributed by atoms with Gasteiger partial charge in [0.2, 0.25) is 5.95 Å². The van der Waals surface area contributed by atoms with E-state index in [2.05, 4.69) is 37.7 Å². The van der Waals surface area contributed by atoms with Gasteiger partial charge in [-0.1, -0.05) is 67.1 Å². The van der Waals surface area contributed by atoms with Crippen LogP contribution in [-0.2, 0) is 13.0 Å². The number of unbranched alkanes of at least 4 members (excludes halogenated alkanes) is 2. The second-order valence-corrected chi connectivity index (χ2v) is 9.51. The molecule has 202 valence electrons. The maximum Gasteiger partial charge on any atom is 0.271 e. The van der Waals surface area contributed by atoms with Gasteiger partial charge >= 0.3 is 0 Å². The zero-order valence-corrected chi connectivity index (χ0v) is 21.9. The minimum Gasteiger partial charge on any atom is -0.368 e. The van der Waals surface area contributed by atoms with E-state index in [0.717, 1.165) is 36.6 Å². The van der Waals surface area contributed by atoms with E-state index in [9.17, 15) is 14.0 Å². The highest BCUT2D eigenvalue weighted by atomic mass is 19.1. The van der Waals surface area contributed by atoms with Crippen molar-refractivity contribution in [3.63, 3.8) is 0 Å². The number of halogens is 1. The maximum absolute atomic E-state index is 14.2. The average molecular weight is 537 g/mol. The predicted octanol–water partition coefficient (Wildman–Crippen LogP) is 4.97. The third kappa shape index (κ3) is 6.20. The number of fused-ring (bicyclic) bond motifs is 2. The van der Waals surface area contributed by atoms with Crippen molar-refractivity contribution in [1.82, 2.24) is 25.6 Å². The number of hydrogen-bond acceptors (Lipinski definition) is 6. The van der Waals surface area contributed by atoms with E-state index in [-0.39, 0.29) is 35.0 Å². The highest BCUT2D eigenvalue weighted by molar-refractivity contribution is 6.05. The number of aryl methyl sites for hydroxylation is 1. The SMILES string of the molecule is Nc1nc(C(=O)NCc2cccc3cc(C(=O)NCCCCCc4ccccc4)cnc23)c2cccc(F)c2n1. The van der Waals surface area contributed by atoms with E-state index < -0.39 is 11.7 Å². The molecule has 3 aromatic carbocycles. The number of para-hydroxylation sites is 2. The molecular formula is C31H29FN6O2. The molecule has 4 N–H and O–H groups in total. The normalized spacial score (nSPS) is 11.0. The Bertz CT molecular complexity index is 1680. The van der Waals surface area contributed by atoms with Crippen LogP contribution in [0.2, 0.25) is 0 Å². The molecule has 2 heterocycles. The molecule has 0 radical (unpaired) electrons. The van der Waals surface area contributed by atoms with Crippen molar-refractivity contribution >= 4 is 39.6 Å². The molecule has 0 aliphatic carbocycles. The van der Waals surface area contributed by atoms with Gasteiger partial charge in [0, 0.05) is 30.1 Å². The van der Waals surface area contributed by atoms with E-state index in [0.29, 0.717) is 17.6 Å². The molecule has 0 fully saturated rings. The van der Waals surface area contributed by atoms with Crippen molar-refractivity contribution < 1.29 is 14.0 Å². The first-order chi connectivity index (χ1) is 19.5. The highest BCUT2D eigenvalue weighted by Gasteiger charge is 2.17. The van der Waals surface area contributed by atoms with Crippen molar-refractivity contribution in [1.29, 1.82) is 0 Å². The Morgan fingerprint density at radius 1 is 0.825 bits per heavy atom. The fourth-order valence-electron chi connectivity index (χ4n) is 4.64. The first kappa shape index (κ1) is 26.7. The van der Waals surface area contributed by atoms with Crippen LogP contribution in [0.15, 0.2) is 79.0 Å². The summed E-state index contributed by atoms with van der Waals surface area (Å²) in [6.45, 7) is 0.752. The van der Waals surface area contributed by atoms with Crippen LogP contribution in [0.3, 0.4) is 0 Å². The molecule has 2 amide bonds. The second kappa shape index (κ2) is 12.3. The van der Waals surface area contributed by atoms with Crippen molar-refractivity contribution in [2.24, 2.45) is 0 Å². The molecule has 8 nitrogen and oxygen atoms in total. The van der Waals surface area contributed by atoms with Gasteiger partial charge in [-0.25, -0.2) is 14.4 Å². The summed E-state index contributed by atoms with van der Waals surface area (Å²) in [6.07, 6.45) is 5.60. The number of hydrogen-bond donors (Lipinski definition) is 3. The quantitative estimate of drug-likeness (QED) is 0.217. The summed E-state index contributed by atoms with van der Waals surface area (Å²) in [6, 6.07) is 22.0. The molecule has 5 aromatic rings. The van der Waals surface area contributed by atoms with Crippen LogP contribution < -0.4 is 16.4 Å². The van der Waals surface area contributed by atoms with Gasteiger partial charge in [-0.15, -0.1) is 0 Å². The molecule has 9 heteroatoms. The van der Waals surface area contributed by atoms with Crippen LogP contribution in [0, 0.1) is 5.82 Å². The monoisotopic (exact) mass is 536 g/mol. The summed E-state index contributed by atoms with van der Waals surface area (Å²) in [5, 5.41) is 6.84. The van der Waals surface area contributed by atoms with Crippen LogP contribution in [-0.4, -0.2) is 33.3 Å². The van der Waals surface area contributed by atoms with Crippen LogP contribution in [0.5, 0.6) is 0 Å². The number of pyridine rings is 1. The molecule has 2 aromatic heterocycles. The lowest BCUT2D eigenvalue weighted by molar-refractivity contribution is 0.0942. The van der Waals surface area contributed by atoms with Crippen LogP contribution in [0.4, 0.5) is 10.3 Å². The van der Waals surface area contributed by atoms with Crippen LogP contribution in [0.25, 0.3) is 21.8 Å². The number of aromatic nitrogens is 3. The number of rotatable bonds is 10. The number of nitrogens with one attached hydrogen (secondary N) is 2. The van der Waals surface area contributed by atoms with Gasteiger partial charge in [-0.05, 0) is 42.5 Å². The smallest absolute Gasteiger partial charge is 0.271 e. The first-order valence-electron chi connectivity index (χ1n) is 13.2. The van der Waals surface area contributed by atoms with Crippen molar-refractivity contribution in [3.8, 4) is 0 Å². The van der Waals surface area contributed by atoms with E-state index >= 15 is 0 Å². The molecule has 0 saturated carbocycles. The lowest BCUT2D eigenvalue weighted by Gasteiger charge is -2.11. The highest BCUT2D eigenvalue weighted by Crippen LogP contribution is 2.21. The summed E-state index contributed by atoms with van der Waals surface area (Å²) < 4.78 is 14.2. The topological polar surface area (TPSA) is 123 Å². The number of nitrogens with two attached hydrogens (primary N) is 1. The molecule has 0 aliphatic rings. The summed E-state index contributed by atoms with van der Waals surface area (Å²) in [5.41, 5.74) is 8.93. The molecule has 40 heavy (non-hydrogen) atoms. The van der Waals surface area contributed by atoms with Crippen LogP contribution >= 0.6 is 0 Å². The predicted molar refractivity (Wildman–Crippen MR) is 153 cm³/mol. The van der Waals surface area contributed by atoms with E-state index in [1.807, 2.05) is 36.4 Å². The first-order valence-corrected chi connectivity index (χ1v) is 13.2. The van der Waals surface area contributed by atoms with Gasteiger partial charge in [-0.3, -0.25) is 14.6 Å². The molecule has 0 atom stereocenters. The molecule has 0 bridgehead atoms. The lowest BCUT2D eigenvalue weighted by atomic mass is 10.1. The van der Waals surface area contributed by atoms with Gasteiger partial charge < -0.3 is 16.4 Å². The van der Waals surface area contributed by atoms with Crippen molar-refractivity contribution in [2.75, 3.05) is 12.3 Å². The standard InChI is InChI=1S/C31H29FN6O2/c32-25-15-8-14-24-27(25)37-31(33)38-28(24)30(40)36-18-22-13-7-12-21-17-23(19-35-26(21)22)29(39)34-16-6-2-5-11-20-9-3-1-4-10-20/h1,3-4,7-10,12-15,17,19H,2,5-6,11,16,18H2,(H,34,39)(H,36,40)(H2,33,37,38). The Labute approximate surface area is 230 Å². The third-order valence-corrected chi connectivity index (χ3v) is 6.68. The minimum absolute atomic E-state index is 0.00535. The summed E-state index contributed by atoms with van der Waals surface area (Å²) in [7, 11) is 0. The summed E-state index contributed by atoms with van der Waals surface area (Å²) >= 11 is 0. The average Bonchev–Trinajstić information content (AvgIpc) is 2.97. The minimum atomic E-state index is -0.582. The Kier molecular flexibility index (Phi) is 8.20. The Morgan fingerprint density at radius 3 is 2.50 bits per heavy atom. The molecule has 5 rings (SSSR count). The van der Waals surface area contributed by atoms with Crippen LogP contribution in [0.1, 0.15) is 51.2 Å². The zero-order chi connectivity index (χ0) is 27.9. The van der Waals surface area contributed by atoms with E-state index in [4.69, 9.17) is 5.73 Å². The third-order valence-electron chi connectivity index (χ3n) is 6.68. The van der Waals surface area contributed by atoms with Crippen molar-refractivity contribution in [3.05, 3.63) is 107 Å². The molecule has 0 spiro atoms. The number of amides is 2. The zero-order valence-electron chi connectivity index (χ0n) is 21.9. The van der Waals surface area contributed by atoms with Gasteiger partial charge in [0.15, 0.2) is 0 Å². The van der Waals surface area contributed by atoms with Gasteiger partial charge in [0.25, 0.3) is 11.8 Å². The number of anilines is 1. The second-order valence-electron chi connectivity index (χ2n) is 9.51. The van der Waals surface area contributed by atoms with Gasteiger partial charge in [-0.2, -0.15) is 0 Å². The molecule has 0 unspecified atom stereocenters. The maximum atomic E-state index is 14.2. The van der Waals surface area contributed by atoms with E-state index in [1.54, 1.807) is 18.3 Å². The lowest BCUT2D eigenvalue weighted by Crippen LogP contribution is -2.25. The number of carbonyl (C=O) groups excluding carboxylic acids is 2. The van der Waals surface area contributed by atoms with E-state index in [1.165, 1.54) is 17.7 Å². The molecule has 0 saturated heterocycles. The Morgan fingerprint density at radius 2 is 1.65 bits per heavy atom. The fraction of sp³-hybridized carbons (Fsp3) is 0.194. The number of benzene rings is 3. The van der Waals surface area contributed by atoms with Gasteiger partial charge in [0.05, 0.1) is 11.1 Å². The molecule has 0 aliphatic heterocycles. The fourth-order valence-corrected chi connectivity index (χ4v) is 4.64. The number of nitrogens with zero attached hydrogens (tertiary/aromatic N) is 3.